The third-order valence-corrected chi connectivity index (χ3v) is 6.49. The van der Waals surface area contributed by atoms with E-state index in [0.717, 1.165) is 4.47 Å². The van der Waals surface area contributed by atoms with Crippen molar-refractivity contribution >= 4 is 26.8 Å². The predicted octanol–water partition coefficient (Wildman–Crippen LogP) is 2.81. The van der Waals surface area contributed by atoms with Gasteiger partial charge >= 0.3 is 0 Å². The Morgan fingerprint density at radius 2 is 2.09 bits per heavy atom. The molecule has 122 valence electrons. The molecular weight excluding hydrogens is 352 g/mol. The zero-order valence-corrected chi connectivity index (χ0v) is 15.1. The van der Waals surface area contributed by atoms with Crippen LogP contribution in [0.3, 0.4) is 0 Å². The molecule has 1 aromatic heterocycles. The van der Waals surface area contributed by atoms with E-state index in [-0.39, 0.29) is 0 Å². The van der Waals surface area contributed by atoms with E-state index in [1.807, 2.05) is 0 Å². The Balaban J connectivity index is 1.55. The van der Waals surface area contributed by atoms with Crippen LogP contribution in [-0.2, 0) is 6.42 Å². The summed E-state index contributed by atoms with van der Waals surface area (Å²) >= 11 is 3.60. The van der Waals surface area contributed by atoms with E-state index in [2.05, 4.69) is 60.9 Å². The van der Waals surface area contributed by atoms with E-state index in [1.54, 1.807) is 5.56 Å². The highest BCUT2D eigenvalue weighted by Gasteiger charge is 2.42. The molecule has 0 bridgehead atoms. The van der Waals surface area contributed by atoms with E-state index < -0.39 is 0 Å². The van der Waals surface area contributed by atoms with E-state index in [9.17, 15) is 0 Å². The molecule has 2 atom stereocenters. The molecule has 3 aliphatic rings. The molecule has 0 spiro atoms. The number of nitrogens with one attached hydrogen (secondary N) is 1. The van der Waals surface area contributed by atoms with Gasteiger partial charge < -0.3 is 9.88 Å². The smallest absolute Gasteiger partial charge is 0.0759 e. The maximum Gasteiger partial charge on any atom is 0.0759 e. The molecule has 2 fully saturated rings. The highest BCUT2D eigenvalue weighted by Crippen LogP contribution is 2.41. The van der Waals surface area contributed by atoms with Crippen molar-refractivity contribution in [3.05, 3.63) is 33.9 Å². The third-order valence-electron chi connectivity index (χ3n) is 5.99. The molecule has 4 heterocycles. The molecule has 2 aromatic rings. The number of nitrogens with zero attached hydrogens (tertiary/aromatic N) is 3. The van der Waals surface area contributed by atoms with Gasteiger partial charge in [0, 0.05) is 53.8 Å². The predicted molar refractivity (Wildman–Crippen MR) is 96.6 cm³/mol. The van der Waals surface area contributed by atoms with Crippen molar-refractivity contribution in [1.82, 2.24) is 19.7 Å². The minimum atomic E-state index is 0.567. The van der Waals surface area contributed by atoms with Crippen molar-refractivity contribution in [3.8, 4) is 0 Å². The quantitative estimate of drug-likeness (QED) is 0.767. The van der Waals surface area contributed by atoms with Gasteiger partial charge in [0.25, 0.3) is 0 Å². The molecule has 2 saturated heterocycles. The van der Waals surface area contributed by atoms with Gasteiger partial charge in [-0.25, -0.2) is 0 Å². The summed E-state index contributed by atoms with van der Waals surface area (Å²) in [4.78, 5) is 11.7. The minimum Gasteiger partial charge on any atom is -0.357 e. The number of H-pyrrole nitrogens is 1. The zero-order chi connectivity index (χ0) is 15.6. The van der Waals surface area contributed by atoms with Crippen molar-refractivity contribution in [1.29, 1.82) is 0 Å². The SMILES string of the molecule is CN1CCN2CC[C@@H]3c4[nH]c5cc(Br)ccc5c4CCN3[C@@H]2C1. The topological polar surface area (TPSA) is 25.5 Å². The van der Waals surface area contributed by atoms with Crippen LogP contribution >= 0.6 is 15.9 Å². The molecule has 0 radical (unpaired) electrons. The normalized spacial score (nSPS) is 29.3. The average molecular weight is 375 g/mol. The maximum absolute atomic E-state index is 3.76. The van der Waals surface area contributed by atoms with Crippen LogP contribution in [0.2, 0.25) is 0 Å². The molecule has 0 amide bonds. The van der Waals surface area contributed by atoms with Crippen LogP contribution < -0.4 is 0 Å². The first-order chi connectivity index (χ1) is 11.2. The van der Waals surface area contributed by atoms with E-state index in [4.69, 9.17) is 0 Å². The number of aromatic amines is 1. The summed E-state index contributed by atoms with van der Waals surface area (Å²) in [6.07, 6.45) is 3.02. The Bertz CT molecular complexity index is 755. The highest BCUT2D eigenvalue weighted by atomic mass is 79.9. The van der Waals surface area contributed by atoms with Gasteiger partial charge in [-0.05, 0) is 37.6 Å². The summed E-state index contributed by atoms with van der Waals surface area (Å²) in [7, 11) is 2.26. The largest absolute Gasteiger partial charge is 0.357 e. The number of aromatic nitrogens is 1. The number of likely N-dealkylation sites (N-methyl/N-ethyl adjacent to an activating group) is 1. The van der Waals surface area contributed by atoms with Crippen LogP contribution in [-0.4, -0.2) is 65.6 Å². The molecule has 5 rings (SSSR count). The van der Waals surface area contributed by atoms with E-state index in [0.29, 0.717) is 12.2 Å². The Morgan fingerprint density at radius 3 is 3.00 bits per heavy atom. The van der Waals surface area contributed by atoms with Crippen molar-refractivity contribution in [2.24, 2.45) is 0 Å². The summed E-state index contributed by atoms with van der Waals surface area (Å²) in [6.45, 7) is 6.03. The van der Waals surface area contributed by atoms with E-state index in [1.165, 1.54) is 62.2 Å². The lowest BCUT2D eigenvalue weighted by molar-refractivity contribution is -0.0772. The average Bonchev–Trinajstić information content (AvgIpc) is 2.92. The molecule has 1 aromatic carbocycles. The van der Waals surface area contributed by atoms with Crippen molar-refractivity contribution in [2.75, 3.05) is 39.8 Å². The molecule has 23 heavy (non-hydrogen) atoms. The summed E-state index contributed by atoms with van der Waals surface area (Å²) < 4.78 is 1.16. The third kappa shape index (κ3) is 2.21. The fourth-order valence-corrected chi connectivity index (χ4v) is 5.19. The zero-order valence-electron chi connectivity index (χ0n) is 13.6. The molecule has 1 N–H and O–H groups in total. The Hall–Kier alpha value is -0.880. The number of rotatable bonds is 0. The van der Waals surface area contributed by atoms with Gasteiger partial charge in [-0.1, -0.05) is 22.0 Å². The molecule has 5 heteroatoms. The summed E-state index contributed by atoms with van der Waals surface area (Å²) in [5.74, 6) is 0. The van der Waals surface area contributed by atoms with Gasteiger partial charge in [0.05, 0.1) is 12.2 Å². The fraction of sp³-hybridized carbons (Fsp3) is 0.556. The molecular formula is C18H23BrN4. The Morgan fingerprint density at radius 1 is 1.17 bits per heavy atom. The summed E-state index contributed by atoms with van der Waals surface area (Å²) in [5, 5.41) is 1.42. The van der Waals surface area contributed by atoms with Crippen molar-refractivity contribution in [2.45, 2.75) is 25.0 Å². The number of halogens is 1. The van der Waals surface area contributed by atoms with Crippen molar-refractivity contribution < 1.29 is 0 Å². The standard InChI is InChI=1S/C18H23BrN4/c1-21-8-9-22-6-5-16-18-14(4-7-23(16)17(22)11-21)13-3-2-12(19)10-15(13)20-18/h2-3,10,16-17,20H,4-9,11H2,1H3/t16-,17-/m1/s1. The van der Waals surface area contributed by atoms with E-state index >= 15 is 0 Å². The van der Waals surface area contributed by atoms with Gasteiger partial charge in [0.2, 0.25) is 0 Å². The number of hydrogen-bond donors (Lipinski definition) is 1. The molecule has 3 aliphatic heterocycles. The number of fused-ring (bicyclic) bond motifs is 7. The fourth-order valence-electron chi connectivity index (χ4n) is 4.83. The van der Waals surface area contributed by atoms with Crippen LogP contribution in [0.25, 0.3) is 10.9 Å². The van der Waals surface area contributed by atoms with Crippen molar-refractivity contribution in [3.63, 3.8) is 0 Å². The molecule has 4 nitrogen and oxygen atoms in total. The van der Waals surface area contributed by atoms with Gasteiger partial charge in [-0.3, -0.25) is 9.80 Å². The lowest BCUT2D eigenvalue weighted by Gasteiger charge is -2.53. The number of piperazine rings is 1. The second-order valence-corrected chi connectivity index (χ2v) is 8.19. The first-order valence-corrected chi connectivity index (χ1v) is 9.48. The molecule has 0 aliphatic carbocycles. The molecule has 0 saturated carbocycles. The van der Waals surface area contributed by atoms with Gasteiger partial charge in [0.15, 0.2) is 0 Å². The second-order valence-electron chi connectivity index (χ2n) is 7.28. The first kappa shape index (κ1) is 14.5. The minimum absolute atomic E-state index is 0.567. The number of benzene rings is 1. The van der Waals surface area contributed by atoms with Gasteiger partial charge in [-0.15, -0.1) is 0 Å². The first-order valence-electron chi connectivity index (χ1n) is 8.69. The number of hydrogen-bond acceptors (Lipinski definition) is 3. The van der Waals surface area contributed by atoms with Crippen LogP contribution in [0.5, 0.6) is 0 Å². The van der Waals surface area contributed by atoms with Crippen LogP contribution in [0.1, 0.15) is 23.7 Å². The monoisotopic (exact) mass is 374 g/mol. The summed E-state index contributed by atoms with van der Waals surface area (Å²) in [5.41, 5.74) is 4.33. The lowest BCUT2D eigenvalue weighted by Crippen LogP contribution is -2.64. The Kier molecular flexibility index (Phi) is 3.34. The molecule has 0 unspecified atom stereocenters. The van der Waals surface area contributed by atoms with Crippen LogP contribution in [0.15, 0.2) is 22.7 Å². The maximum atomic E-state index is 3.76. The lowest BCUT2D eigenvalue weighted by atomic mass is 9.92. The highest BCUT2D eigenvalue weighted by molar-refractivity contribution is 9.10. The van der Waals surface area contributed by atoms with Gasteiger partial charge in [0.1, 0.15) is 0 Å². The van der Waals surface area contributed by atoms with Crippen LogP contribution in [0, 0.1) is 0 Å². The second kappa shape index (κ2) is 5.31. The summed E-state index contributed by atoms with van der Waals surface area (Å²) in [6, 6.07) is 7.23. The Labute approximate surface area is 145 Å². The van der Waals surface area contributed by atoms with Crippen LogP contribution in [0.4, 0.5) is 0 Å². The van der Waals surface area contributed by atoms with Gasteiger partial charge in [-0.2, -0.15) is 0 Å².